The molecular formula is C24H19N3O7. The topological polar surface area (TPSA) is 136 Å². The molecule has 10 nitrogen and oxygen atoms in total. The van der Waals surface area contributed by atoms with Gasteiger partial charge in [-0.15, -0.1) is 0 Å². The van der Waals surface area contributed by atoms with Crippen LogP contribution in [0.2, 0.25) is 0 Å². The van der Waals surface area contributed by atoms with Crippen molar-refractivity contribution in [3.05, 3.63) is 81.9 Å². The first-order chi connectivity index (χ1) is 16.3. The standard InChI is InChI=1S/C24H19N3O7/c28-20(25-16-7-3-8-17(13-16)27(32)33)14-34-21(29)11-4-12-26-23(30)18-9-1-5-15-6-2-10-19(22(15)18)24(26)31/h1-3,5-10,13H,4,11-12,14H2,(H,25,28). The maximum Gasteiger partial charge on any atom is 0.306 e. The molecule has 0 bridgehead atoms. The largest absolute Gasteiger partial charge is 0.456 e. The number of nitrogens with zero attached hydrogens (tertiary/aromatic N) is 2. The molecule has 34 heavy (non-hydrogen) atoms. The number of amides is 3. The normalized spacial score (nSPS) is 12.5. The van der Waals surface area contributed by atoms with E-state index in [1.165, 1.54) is 24.3 Å². The predicted molar refractivity (Wildman–Crippen MR) is 121 cm³/mol. The number of ether oxygens (including phenoxy) is 1. The fraction of sp³-hybridized carbons (Fsp3) is 0.167. The molecule has 0 saturated heterocycles. The third kappa shape index (κ3) is 4.60. The molecule has 1 aliphatic rings. The highest BCUT2D eigenvalue weighted by Crippen LogP contribution is 2.30. The van der Waals surface area contributed by atoms with Crippen molar-refractivity contribution in [2.75, 3.05) is 18.5 Å². The number of esters is 1. The van der Waals surface area contributed by atoms with Gasteiger partial charge in [-0.2, -0.15) is 0 Å². The number of hydrogen-bond donors (Lipinski definition) is 1. The average molecular weight is 461 g/mol. The van der Waals surface area contributed by atoms with E-state index in [2.05, 4.69) is 5.32 Å². The molecule has 0 radical (unpaired) electrons. The van der Waals surface area contributed by atoms with E-state index in [-0.39, 0.29) is 30.8 Å². The zero-order valence-electron chi connectivity index (χ0n) is 17.9. The van der Waals surface area contributed by atoms with E-state index >= 15 is 0 Å². The first-order valence-electron chi connectivity index (χ1n) is 10.4. The molecule has 0 aliphatic carbocycles. The van der Waals surface area contributed by atoms with Crippen LogP contribution in [-0.2, 0) is 14.3 Å². The third-order valence-corrected chi connectivity index (χ3v) is 5.32. The fourth-order valence-electron chi connectivity index (χ4n) is 3.78. The molecule has 172 valence electrons. The summed E-state index contributed by atoms with van der Waals surface area (Å²) in [5.74, 6) is -2.16. The number of carbonyl (C=O) groups is 4. The van der Waals surface area contributed by atoms with Gasteiger partial charge in [0.05, 0.1) is 4.92 Å². The van der Waals surface area contributed by atoms with Crippen LogP contribution in [0.4, 0.5) is 11.4 Å². The van der Waals surface area contributed by atoms with Crippen LogP contribution in [0.1, 0.15) is 33.6 Å². The summed E-state index contributed by atoms with van der Waals surface area (Å²) in [5, 5.41) is 14.6. The van der Waals surface area contributed by atoms with Gasteiger partial charge in [0.1, 0.15) is 0 Å². The van der Waals surface area contributed by atoms with Crippen LogP contribution in [-0.4, -0.2) is 46.7 Å². The van der Waals surface area contributed by atoms with E-state index < -0.39 is 35.2 Å². The highest BCUT2D eigenvalue weighted by molar-refractivity contribution is 6.25. The lowest BCUT2D eigenvalue weighted by atomic mass is 9.94. The van der Waals surface area contributed by atoms with E-state index in [1.54, 1.807) is 24.3 Å². The van der Waals surface area contributed by atoms with E-state index in [0.29, 0.717) is 16.5 Å². The lowest BCUT2D eigenvalue weighted by Gasteiger charge is -2.27. The fourth-order valence-corrected chi connectivity index (χ4v) is 3.78. The molecule has 0 spiro atoms. The van der Waals surface area contributed by atoms with Gasteiger partial charge in [-0.3, -0.25) is 34.2 Å². The molecule has 3 aromatic carbocycles. The van der Waals surface area contributed by atoms with Crippen LogP contribution >= 0.6 is 0 Å². The Labute approximate surface area is 193 Å². The zero-order valence-corrected chi connectivity index (χ0v) is 17.9. The molecule has 0 unspecified atom stereocenters. The monoisotopic (exact) mass is 461 g/mol. The molecule has 0 atom stereocenters. The quantitative estimate of drug-likeness (QED) is 0.235. The summed E-state index contributed by atoms with van der Waals surface area (Å²) >= 11 is 0. The summed E-state index contributed by atoms with van der Waals surface area (Å²) in [6, 6.07) is 15.9. The Morgan fingerprint density at radius 2 is 1.62 bits per heavy atom. The van der Waals surface area contributed by atoms with Crippen molar-refractivity contribution >= 4 is 45.8 Å². The van der Waals surface area contributed by atoms with E-state index in [9.17, 15) is 29.3 Å². The van der Waals surface area contributed by atoms with Crippen LogP contribution in [0.3, 0.4) is 0 Å². The van der Waals surface area contributed by atoms with E-state index in [4.69, 9.17) is 4.74 Å². The van der Waals surface area contributed by atoms with E-state index in [0.717, 1.165) is 10.3 Å². The second-order valence-electron chi connectivity index (χ2n) is 7.59. The smallest absolute Gasteiger partial charge is 0.306 e. The molecule has 3 amide bonds. The number of benzene rings is 3. The first-order valence-corrected chi connectivity index (χ1v) is 10.4. The highest BCUT2D eigenvalue weighted by Gasteiger charge is 2.32. The number of carbonyl (C=O) groups excluding carboxylic acids is 4. The minimum Gasteiger partial charge on any atom is -0.456 e. The van der Waals surface area contributed by atoms with Crippen LogP contribution in [0.25, 0.3) is 10.8 Å². The maximum atomic E-state index is 12.8. The Bertz CT molecular complexity index is 1280. The maximum absolute atomic E-state index is 12.8. The summed E-state index contributed by atoms with van der Waals surface area (Å²) in [6.07, 6.45) is 0.0634. The van der Waals surface area contributed by atoms with Gasteiger partial charge in [0.15, 0.2) is 6.61 Å². The van der Waals surface area contributed by atoms with Crippen molar-refractivity contribution in [1.29, 1.82) is 0 Å². The average Bonchev–Trinajstić information content (AvgIpc) is 2.83. The van der Waals surface area contributed by atoms with Crippen molar-refractivity contribution in [3.63, 3.8) is 0 Å². The van der Waals surface area contributed by atoms with Crippen molar-refractivity contribution in [2.45, 2.75) is 12.8 Å². The summed E-state index contributed by atoms with van der Waals surface area (Å²) in [7, 11) is 0. The second-order valence-corrected chi connectivity index (χ2v) is 7.59. The molecule has 0 aromatic heterocycles. The lowest BCUT2D eigenvalue weighted by molar-refractivity contribution is -0.384. The molecular weight excluding hydrogens is 442 g/mol. The summed E-state index contributed by atoms with van der Waals surface area (Å²) < 4.78 is 4.93. The molecule has 4 rings (SSSR count). The number of nitro groups is 1. The van der Waals surface area contributed by atoms with Gasteiger partial charge in [0, 0.05) is 47.3 Å². The van der Waals surface area contributed by atoms with Gasteiger partial charge in [0.2, 0.25) is 0 Å². The number of rotatable bonds is 8. The molecule has 1 N–H and O–H groups in total. The summed E-state index contributed by atoms with van der Waals surface area (Å²) in [5.41, 5.74) is 0.893. The Morgan fingerprint density at radius 3 is 2.26 bits per heavy atom. The second kappa shape index (κ2) is 9.49. The lowest BCUT2D eigenvalue weighted by Crippen LogP contribution is -2.41. The van der Waals surface area contributed by atoms with Crippen LogP contribution in [0, 0.1) is 10.1 Å². The van der Waals surface area contributed by atoms with E-state index in [1.807, 2.05) is 12.1 Å². The first kappa shape index (κ1) is 22.6. The highest BCUT2D eigenvalue weighted by atomic mass is 16.6. The molecule has 1 aliphatic heterocycles. The number of non-ortho nitro benzene ring substituents is 1. The molecule has 0 fully saturated rings. The van der Waals surface area contributed by atoms with Crippen molar-refractivity contribution in [2.24, 2.45) is 0 Å². The Kier molecular flexibility index (Phi) is 6.30. The van der Waals surface area contributed by atoms with Crippen LogP contribution < -0.4 is 5.32 Å². The van der Waals surface area contributed by atoms with Gasteiger partial charge >= 0.3 is 5.97 Å². The molecule has 0 saturated carbocycles. The number of nitro benzene ring substituents is 1. The summed E-state index contributed by atoms with van der Waals surface area (Å²) in [6.45, 7) is -0.546. The number of nitrogens with one attached hydrogen (secondary N) is 1. The number of anilines is 1. The molecule has 3 aromatic rings. The number of imide groups is 1. The minimum absolute atomic E-state index is 0.0252. The molecule has 10 heteroatoms. The van der Waals surface area contributed by atoms with Gasteiger partial charge in [-0.25, -0.2) is 0 Å². The number of hydrogen-bond acceptors (Lipinski definition) is 7. The van der Waals surface area contributed by atoms with Gasteiger partial charge in [0.25, 0.3) is 23.4 Å². The van der Waals surface area contributed by atoms with Gasteiger partial charge in [-0.05, 0) is 30.0 Å². The van der Waals surface area contributed by atoms with Crippen LogP contribution in [0.15, 0.2) is 60.7 Å². The summed E-state index contributed by atoms with van der Waals surface area (Å²) in [4.78, 5) is 61.0. The van der Waals surface area contributed by atoms with Crippen molar-refractivity contribution in [3.8, 4) is 0 Å². The van der Waals surface area contributed by atoms with Crippen LogP contribution in [0.5, 0.6) is 0 Å². The third-order valence-electron chi connectivity index (χ3n) is 5.32. The Balaban J connectivity index is 1.28. The minimum atomic E-state index is -0.673. The predicted octanol–water partition coefficient (Wildman–Crippen LogP) is 3.31. The van der Waals surface area contributed by atoms with Crippen molar-refractivity contribution in [1.82, 2.24) is 4.90 Å². The Morgan fingerprint density at radius 1 is 0.971 bits per heavy atom. The van der Waals surface area contributed by atoms with Crippen molar-refractivity contribution < 1.29 is 28.8 Å². The zero-order chi connectivity index (χ0) is 24.2. The van der Waals surface area contributed by atoms with Gasteiger partial charge in [-0.1, -0.05) is 30.3 Å². The van der Waals surface area contributed by atoms with Gasteiger partial charge < -0.3 is 10.1 Å². The molecule has 1 heterocycles. The SMILES string of the molecule is O=C(COC(=O)CCCN1C(=O)c2cccc3cccc(c23)C1=O)Nc1cccc([N+](=O)[O-])c1. The Hall–Kier alpha value is -4.60.